The zero-order valence-corrected chi connectivity index (χ0v) is 19.5. The van der Waals surface area contributed by atoms with Gasteiger partial charge in [-0.15, -0.1) is 0 Å². The van der Waals surface area contributed by atoms with Gasteiger partial charge in [0.15, 0.2) is 6.61 Å². The monoisotopic (exact) mass is 488 g/mol. The van der Waals surface area contributed by atoms with Crippen LogP contribution in [0.2, 0.25) is 0 Å². The van der Waals surface area contributed by atoms with Crippen LogP contribution in [0.4, 0.5) is 11.4 Å². The second-order valence-electron chi connectivity index (χ2n) is 8.04. The molecule has 1 aliphatic heterocycles. The van der Waals surface area contributed by atoms with E-state index < -0.39 is 30.4 Å². The number of para-hydroxylation sites is 1. The van der Waals surface area contributed by atoms with Gasteiger partial charge in [-0.2, -0.15) is 0 Å². The van der Waals surface area contributed by atoms with Crippen LogP contribution in [-0.4, -0.2) is 44.0 Å². The van der Waals surface area contributed by atoms with Crippen LogP contribution < -0.4 is 15.0 Å². The molecule has 0 unspecified atom stereocenters. The Morgan fingerprint density at radius 2 is 1.58 bits per heavy atom. The fourth-order valence-corrected chi connectivity index (χ4v) is 3.69. The number of hydrogen-bond donors (Lipinski definition) is 1. The van der Waals surface area contributed by atoms with E-state index in [9.17, 15) is 19.2 Å². The van der Waals surface area contributed by atoms with Crippen LogP contribution in [-0.2, 0) is 23.9 Å². The Labute approximate surface area is 207 Å². The molecule has 3 aromatic rings. The first-order chi connectivity index (χ1) is 17.4. The summed E-state index contributed by atoms with van der Waals surface area (Å²) < 4.78 is 15.5. The van der Waals surface area contributed by atoms with E-state index in [1.165, 1.54) is 12.0 Å². The van der Waals surface area contributed by atoms with Crippen molar-refractivity contribution in [3.05, 3.63) is 84.4 Å². The van der Waals surface area contributed by atoms with Crippen LogP contribution in [0.15, 0.2) is 78.9 Å². The average molecular weight is 488 g/mol. The Kier molecular flexibility index (Phi) is 7.60. The van der Waals surface area contributed by atoms with Crippen molar-refractivity contribution in [2.24, 2.45) is 5.92 Å². The zero-order valence-electron chi connectivity index (χ0n) is 19.5. The van der Waals surface area contributed by atoms with Gasteiger partial charge in [0.05, 0.1) is 18.6 Å². The first kappa shape index (κ1) is 24.5. The summed E-state index contributed by atoms with van der Waals surface area (Å²) >= 11 is 0. The van der Waals surface area contributed by atoms with E-state index in [2.05, 4.69) is 10.1 Å². The van der Waals surface area contributed by atoms with Crippen molar-refractivity contribution in [2.75, 3.05) is 30.5 Å². The van der Waals surface area contributed by atoms with Crippen molar-refractivity contribution in [2.45, 2.75) is 6.42 Å². The Bertz CT molecular complexity index is 1240. The van der Waals surface area contributed by atoms with Gasteiger partial charge in [0, 0.05) is 24.3 Å². The Hall–Kier alpha value is -4.66. The molecule has 0 radical (unpaired) electrons. The Morgan fingerprint density at radius 1 is 0.917 bits per heavy atom. The zero-order chi connectivity index (χ0) is 25.5. The molecule has 1 aliphatic rings. The predicted octanol–water partition coefficient (Wildman–Crippen LogP) is 3.80. The summed E-state index contributed by atoms with van der Waals surface area (Å²) in [6.07, 6.45) is -0.0257. The summed E-state index contributed by atoms with van der Waals surface area (Å²) in [7, 11) is 1.29. The molecule has 184 valence electrons. The van der Waals surface area contributed by atoms with Crippen LogP contribution in [0.1, 0.15) is 16.8 Å². The quantitative estimate of drug-likeness (QED) is 0.480. The molecule has 9 nitrogen and oxygen atoms in total. The molecule has 0 aromatic heterocycles. The highest BCUT2D eigenvalue weighted by Crippen LogP contribution is 2.26. The SMILES string of the molecule is COC(=O)c1ccc(N2C[C@@H](C(=O)OCC(=O)Nc3ccc(Oc4ccccc4)cc3)CC2=O)cc1. The number of ether oxygens (including phenoxy) is 3. The Balaban J connectivity index is 1.25. The van der Waals surface area contributed by atoms with Gasteiger partial charge in [-0.25, -0.2) is 4.79 Å². The van der Waals surface area contributed by atoms with E-state index >= 15 is 0 Å². The van der Waals surface area contributed by atoms with Gasteiger partial charge in [0.2, 0.25) is 5.91 Å². The first-order valence-electron chi connectivity index (χ1n) is 11.2. The Morgan fingerprint density at radius 3 is 2.25 bits per heavy atom. The molecule has 0 aliphatic carbocycles. The van der Waals surface area contributed by atoms with Gasteiger partial charge in [-0.1, -0.05) is 18.2 Å². The van der Waals surface area contributed by atoms with Crippen molar-refractivity contribution >= 4 is 35.1 Å². The van der Waals surface area contributed by atoms with Crippen molar-refractivity contribution in [3.8, 4) is 11.5 Å². The lowest BCUT2D eigenvalue weighted by Crippen LogP contribution is -2.28. The summed E-state index contributed by atoms with van der Waals surface area (Å²) in [5.74, 6) is -1.24. The minimum absolute atomic E-state index is 0.0257. The number of nitrogens with one attached hydrogen (secondary N) is 1. The molecule has 1 saturated heterocycles. The third kappa shape index (κ3) is 6.06. The number of carbonyl (C=O) groups excluding carboxylic acids is 4. The first-order valence-corrected chi connectivity index (χ1v) is 11.2. The number of hydrogen-bond acceptors (Lipinski definition) is 7. The standard InChI is InChI=1S/C27H24N2O7/c1-34-26(32)18-7-11-21(12-8-18)29-16-19(15-25(29)31)27(33)35-17-24(30)28-20-9-13-23(14-10-20)36-22-5-3-2-4-6-22/h2-14,19H,15-17H2,1H3,(H,28,30)/t19-/m0/s1. The van der Waals surface area contributed by atoms with Gasteiger partial charge in [-0.3, -0.25) is 14.4 Å². The lowest BCUT2D eigenvalue weighted by atomic mass is 10.1. The summed E-state index contributed by atoms with van der Waals surface area (Å²) in [4.78, 5) is 50.1. The second-order valence-corrected chi connectivity index (χ2v) is 8.04. The van der Waals surface area contributed by atoms with Gasteiger partial charge >= 0.3 is 11.9 Å². The van der Waals surface area contributed by atoms with E-state index in [4.69, 9.17) is 9.47 Å². The molecule has 3 aromatic carbocycles. The number of carbonyl (C=O) groups is 4. The minimum Gasteiger partial charge on any atom is -0.465 e. The molecule has 4 rings (SSSR count). The number of esters is 2. The van der Waals surface area contributed by atoms with Crippen LogP contribution in [0.25, 0.3) is 0 Å². The topological polar surface area (TPSA) is 111 Å². The van der Waals surface area contributed by atoms with Gasteiger partial charge in [0.1, 0.15) is 11.5 Å². The summed E-state index contributed by atoms with van der Waals surface area (Å²) in [6.45, 7) is -0.348. The van der Waals surface area contributed by atoms with Crippen molar-refractivity contribution < 1.29 is 33.4 Å². The van der Waals surface area contributed by atoms with Crippen LogP contribution >= 0.6 is 0 Å². The molecule has 2 amide bonds. The van der Waals surface area contributed by atoms with Crippen LogP contribution in [0.3, 0.4) is 0 Å². The molecule has 1 atom stereocenters. The third-order valence-corrected chi connectivity index (χ3v) is 5.52. The molecule has 9 heteroatoms. The number of benzene rings is 3. The summed E-state index contributed by atoms with van der Waals surface area (Å²) in [6, 6.07) is 22.4. The number of amides is 2. The lowest BCUT2D eigenvalue weighted by Gasteiger charge is -2.16. The fraction of sp³-hybridized carbons (Fsp3) is 0.185. The van der Waals surface area contributed by atoms with Crippen molar-refractivity contribution in [3.63, 3.8) is 0 Å². The maximum Gasteiger partial charge on any atom is 0.337 e. The molecule has 1 heterocycles. The molecule has 0 saturated carbocycles. The highest BCUT2D eigenvalue weighted by molar-refractivity contribution is 6.00. The van der Waals surface area contributed by atoms with E-state index in [0.29, 0.717) is 28.4 Å². The molecule has 36 heavy (non-hydrogen) atoms. The van der Waals surface area contributed by atoms with Gasteiger partial charge in [-0.05, 0) is 60.7 Å². The number of methoxy groups -OCH3 is 1. The predicted molar refractivity (Wildman–Crippen MR) is 131 cm³/mol. The molecule has 0 bridgehead atoms. The number of anilines is 2. The summed E-state index contributed by atoms with van der Waals surface area (Å²) in [5.41, 5.74) is 1.43. The number of nitrogens with zero attached hydrogens (tertiary/aromatic N) is 1. The molecule has 0 spiro atoms. The van der Waals surface area contributed by atoms with Crippen LogP contribution in [0.5, 0.6) is 11.5 Å². The number of rotatable bonds is 8. The highest BCUT2D eigenvalue weighted by Gasteiger charge is 2.36. The van der Waals surface area contributed by atoms with E-state index in [1.807, 2.05) is 30.3 Å². The molecular weight excluding hydrogens is 464 g/mol. The molecule has 1 fully saturated rings. The summed E-state index contributed by atoms with van der Waals surface area (Å²) in [5, 5.41) is 2.65. The van der Waals surface area contributed by atoms with E-state index in [-0.39, 0.29) is 18.9 Å². The highest BCUT2D eigenvalue weighted by atomic mass is 16.5. The van der Waals surface area contributed by atoms with Crippen molar-refractivity contribution in [1.82, 2.24) is 0 Å². The maximum absolute atomic E-state index is 12.5. The minimum atomic E-state index is -0.694. The van der Waals surface area contributed by atoms with Crippen molar-refractivity contribution in [1.29, 1.82) is 0 Å². The largest absolute Gasteiger partial charge is 0.465 e. The van der Waals surface area contributed by atoms with E-state index in [0.717, 1.165) is 0 Å². The second kappa shape index (κ2) is 11.2. The normalized spacial score (nSPS) is 14.8. The average Bonchev–Trinajstić information content (AvgIpc) is 3.30. The van der Waals surface area contributed by atoms with Crippen LogP contribution in [0, 0.1) is 5.92 Å². The van der Waals surface area contributed by atoms with E-state index in [1.54, 1.807) is 48.5 Å². The third-order valence-electron chi connectivity index (χ3n) is 5.52. The molecule has 1 N–H and O–H groups in total. The molecular formula is C27H24N2O7. The maximum atomic E-state index is 12.5. The lowest BCUT2D eigenvalue weighted by molar-refractivity contribution is -0.151. The van der Waals surface area contributed by atoms with Gasteiger partial charge < -0.3 is 24.4 Å². The van der Waals surface area contributed by atoms with Gasteiger partial charge in [0.25, 0.3) is 5.91 Å². The fourth-order valence-electron chi connectivity index (χ4n) is 3.69. The smallest absolute Gasteiger partial charge is 0.337 e.